The topological polar surface area (TPSA) is 121 Å². The van der Waals surface area contributed by atoms with Crippen LogP contribution in [0, 0.1) is 0 Å². The van der Waals surface area contributed by atoms with Crippen LogP contribution in [-0.4, -0.2) is 25.0 Å². The van der Waals surface area contributed by atoms with Crippen molar-refractivity contribution >= 4 is 15.7 Å². The molecule has 0 atom stereocenters. The highest BCUT2D eigenvalue weighted by Gasteiger charge is 2.16. The zero-order valence-corrected chi connectivity index (χ0v) is 11.9. The van der Waals surface area contributed by atoms with Crippen molar-refractivity contribution in [2.45, 2.75) is 11.8 Å². The summed E-state index contributed by atoms with van der Waals surface area (Å²) < 4.78 is 31.5. The Morgan fingerprint density at radius 2 is 1.86 bits per heavy atom. The monoisotopic (exact) mass is 311 g/mol. The third-order valence-corrected chi connectivity index (χ3v) is 3.89. The van der Waals surface area contributed by atoms with Gasteiger partial charge in [0.1, 0.15) is 11.4 Å². The van der Waals surface area contributed by atoms with Crippen molar-refractivity contribution in [1.82, 2.24) is 9.97 Å². The van der Waals surface area contributed by atoms with Crippen LogP contribution in [0.15, 0.2) is 44.9 Å². The molecule has 0 spiro atoms. The van der Waals surface area contributed by atoms with Gasteiger partial charge in [0.2, 0.25) is 0 Å². The van der Waals surface area contributed by atoms with E-state index in [4.69, 9.17) is 4.74 Å². The molecule has 0 amide bonds. The molecule has 0 aliphatic heterocycles. The van der Waals surface area contributed by atoms with Crippen LogP contribution in [-0.2, 0) is 10.0 Å². The molecule has 0 unspecified atom stereocenters. The third kappa shape index (κ3) is 3.51. The van der Waals surface area contributed by atoms with Crippen LogP contribution in [0.2, 0.25) is 0 Å². The molecule has 9 heteroatoms. The van der Waals surface area contributed by atoms with E-state index in [1.54, 1.807) is 0 Å². The second-order valence-electron chi connectivity index (χ2n) is 4.00. The SMILES string of the molecule is CCOc1ccc(S(=O)(=O)Nc2c[nH]c(=O)[nH]c2=O)cc1. The minimum Gasteiger partial charge on any atom is -0.494 e. The average molecular weight is 311 g/mol. The molecule has 2 rings (SSSR count). The molecule has 112 valence electrons. The van der Waals surface area contributed by atoms with Gasteiger partial charge in [-0.2, -0.15) is 0 Å². The molecular weight excluding hydrogens is 298 g/mol. The Balaban J connectivity index is 2.29. The highest BCUT2D eigenvalue weighted by molar-refractivity contribution is 7.92. The standard InChI is InChI=1S/C12H13N3O5S/c1-2-20-8-3-5-9(6-4-8)21(18,19)15-10-7-13-12(17)14-11(10)16/h3-7,15H,2H2,1H3,(H2,13,14,16,17). The maximum atomic E-state index is 12.1. The van der Waals surface area contributed by atoms with Crippen LogP contribution in [0.25, 0.3) is 0 Å². The molecule has 0 aliphatic carbocycles. The second kappa shape index (κ2) is 5.83. The van der Waals surface area contributed by atoms with E-state index in [1.807, 2.05) is 11.9 Å². The first-order valence-corrected chi connectivity index (χ1v) is 7.48. The number of rotatable bonds is 5. The lowest BCUT2D eigenvalue weighted by atomic mass is 10.3. The molecule has 0 aliphatic rings. The second-order valence-corrected chi connectivity index (χ2v) is 5.68. The lowest BCUT2D eigenvalue weighted by molar-refractivity contribution is 0.340. The van der Waals surface area contributed by atoms with Crippen molar-refractivity contribution in [3.05, 3.63) is 51.3 Å². The van der Waals surface area contributed by atoms with Crippen molar-refractivity contribution in [2.75, 3.05) is 11.3 Å². The van der Waals surface area contributed by atoms with Crippen LogP contribution in [0.4, 0.5) is 5.69 Å². The Kier molecular flexibility index (Phi) is 4.13. The molecule has 0 bridgehead atoms. The minimum atomic E-state index is -3.93. The molecule has 0 saturated heterocycles. The maximum absolute atomic E-state index is 12.1. The van der Waals surface area contributed by atoms with Crippen LogP contribution in [0.5, 0.6) is 5.75 Å². The van der Waals surface area contributed by atoms with Crippen molar-refractivity contribution in [1.29, 1.82) is 0 Å². The number of sulfonamides is 1. The van der Waals surface area contributed by atoms with Crippen LogP contribution >= 0.6 is 0 Å². The smallest absolute Gasteiger partial charge is 0.325 e. The lowest BCUT2D eigenvalue weighted by Gasteiger charge is -2.08. The fourth-order valence-corrected chi connectivity index (χ4v) is 2.62. The van der Waals surface area contributed by atoms with Gasteiger partial charge in [-0.25, -0.2) is 13.2 Å². The quantitative estimate of drug-likeness (QED) is 0.731. The Bertz CT molecular complexity index is 836. The normalized spacial score (nSPS) is 11.1. The minimum absolute atomic E-state index is 0.0310. The number of hydrogen-bond acceptors (Lipinski definition) is 5. The highest BCUT2D eigenvalue weighted by atomic mass is 32.2. The highest BCUT2D eigenvalue weighted by Crippen LogP contribution is 2.17. The van der Waals surface area contributed by atoms with E-state index in [2.05, 4.69) is 9.71 Å². The number of ether oxygens (including phenoxy) is 1. The fraction of sp³-hybridized carbons (Fsp3) is 0.167. The Morgan fingerprint density at radius 1 is 1.19 bits per heavy atom. The van der Waals surface area contributed by atoms with Gasteiger partial charge in [-0.3, -0.25) is 14.5 Å². The molecule has 2 aromatic rings. The number of hydrogen-bond donors (Lipinski definition) is 3. The third-order valence-electron chi connectivity index (χ3n) is 2.51. The van der Waals surface area contributed by atoms with Gasteiger partial charge < -0.3 is 9.72 Å². The summed E-state index contributed by atoms with van der Waals surface area (Å²) in [6.45, 7) is 2.28. The summed E-state index contributed by atoms with van der Waals surface area (Å²) >= 11 is 0. The average Bonchev–Trinajstić information content (AvgIpc) is 2.43. The zero-order valence-electron chi connectivity index (χ0n) is 11.0. The number of aromatic nitrogens is 2. The predicted molar refractivity (Wildman–Crippen MR) is 76.1 cm³/mol. The summed E-state index contributed by atoms with van der Waals surface area (Å²) in [4.78, 5) is 26.4. The van der Waals surface area contributed by atoms with Gasteiger partial charge in [0.15, 0.2) is 0 Å². The van der Waals surface area contributed by atoms with E-state index >= 15 is 0 Å². The molecule has 21 heavy (non-hydrogen) atoms. The molecular formula is C12H13N3O5S. The van der Waals surface area contributed by atoms with E-state index in [1.165, 1.54) is 24.3 Å². The summed E-state index contributed by atoms with van der Waals surface area (Å²) in [7, 11) is -3.93. The molecule has 3 N–H and O–H groups in total. The lowest BCUT2D eigenvalue weighted by Crippen LogP contribution is -2.26. The summed E-state index contributed by atoms with van der Waals surface area (Å²) in [5.74, 6) is 0.540. The number of anilines is 1. The molecule has 0 saturated carbocycles. The molecule has 1 heterocycles. The number of H-pyrrole nitrogens is 2. The van der Waals surface area contributed by atoms with E-state index < -0.39 is 21.3 Å². The van der Waals surface area contributed by atoms with E-state index in [9.17, 15) is 18.0 Å². The van der Waals surface area contributed by atoms with Gasteiger partial charge in [-0.1, -0.05) is 0 Å². The first kappa shape index (κ1) is 14.9. The first-order valence-electron chi connectivity index (χ1n) is 6.00. The van der Waals surface area contributed by atoms with Crippen molar-refractivity contribution in [3.63, 3.8) is 0 Å². The molecule has 0 radical (unpaired) electrons. The van der Waals surface area contributed by atoms with E-state index in [0.717, 1.165) is 6.20 Å². The van der Waals surface area contributed by atoms with Gasteiger partial charge in [0, 0.05) is 6.20 Å². The summed E-state index contributed by atoms with van der Waals surface area (Å²) in [6.07, 6.45) is 0.993. The van der Waals surface area contributed by atoms with Gasteiger partial charge in [-0.05, 0) is 31.2 Å². The summed E-state index contributed by atoms with van der Waals surface area (Å²) in [6, 6.07) is 5.73. The van der Waals surface area contributed by atoms with E-state index in [-0.39, 0.29) is 10.6 Å². The summed E-state index contributed by atoms with van der Waals surface area (Å²) in [5, 5.41) is 0. The van der Waals surface area contributed by atoms with Gasteiger partial charge in [0.05, 0.1) is 11.5 Å². The number of nitrogens with one attached hydrogen (secondary N) is 3. The summed E-state index contributed by atoms with van der Waals surface area (Å²) in [5.41, 5.74) is -1.82. The molecule has 0 fully saturated rings. The number of benzene rings is 1. The molecule has 1 aromatic heterocycles. The molecule has 1 aromatic carbocycles. The van der Waals surface area contributed by atoms with Crippen LogP contribution < -0.4 is 20.7 Å². The Labute approximate surface area is 119 Å². The molecule has 8 nitrogen and oxygen atoms in total. The zero-order chi connectivity index (χ0) is 15.5. The van der Waals surface area contributed by atoms with Gasteiger partial charge >= 0.3 is 5.69 Å². The van der Waals surface area contributed by atoms with Crippen molar-refractivity contribution in [3.8, 4) is 5.75 Å². The number of aromatic amines is 2. The van der Waals surface area contributed by atoms with Crippen LogP contribution in [0.3, 0.4) is 0 Å². The fourth-order valence-electron chi connectivity index (χ4n) is 1.57. The van der Waals surface area contributed by atoms with E-state index in [0.29, 0.717) is 12.4 Å². The van der Waals surface area contributed by atoms with Gasteiger partial charge in [-0.15, -0.1) is 0 Å². The maximum Gasteiger partial charge on any atom is 0.325 e. The Morgan fingerprint density at radius 3 is 2.43 bits per heavy atom. The first-order chi connectivity index (χ1) is 9.92. The van der Waals surface area contributed by atoms with Crippen molar-refractivity contribution in [2.24, 2.45) is 0 Å². The van der Waals surface area contributed by atoms with Crippen molar-refractivity contribution < 1.29 is 13.2 Å². The predicted octanol–water partition coefficient (Wildman–Crippen LogP) is 0.263. The largest absolute Gasteiger partial charge is 0.494 e. The van der Waals surface area contributed by atoms with Crippen LogP contribution in [0.1, 0.15) is 6.92 Å². The van der Waals surface area contributed by atoms with Gasteiger partial charge in [0.25, 0.3) is 15.6 Å². The Hall–Kier alpha value is -2.55.